The fraction of sp³-hybridized carbons (Fsp3) is 0.409. The van der Waals surface area contributed by atoms with Gasteiger partial charge in [-0.3, -0.25) is 9.69 Å². The first-order chi connectivity index (χ1) is 12.6. The van der Waals surface area contributed by atoms with Gasteiger partial charge in [0.05, 0.1) is 0 Å². The number of hydrogen-bond acceptors (Lipinski definition) is 2. The van der Waals surface area contributed by atoms with E-state index in [9.17, 15) is 9.18 Å². The number of nitrogens with zero attached hydrogens (tertiary/aromatic N) is 2. The molecular formula is C22H25FN2O. The van der Waals surface area contributed by atoms with Crippen molar-refractivity contribution in [3.8, 4) is 0 Å². The summed E-state index contributed by atoms with van der Waals surface area (Å²) in [7, 11) is 0. The second-order valence-corrected chi connectivity index (χ2v) is 7.53. The van der Waals surface area contributed by atoms with Crippen LogP contribution in [0.3, 0.4) is 0 Å². The molecule has 0 aromatic heterocycles. The Hall–Kier alpha value is -2.20. The minimum atomic E-state index is -0.190. The number of aryl methyl sites for hydroxylation is 2. The first-order valence-corrected chi connectivity index (χ1v) is 9.44. The number of benzene rings is 2. The second kappa shape index (κ2) is 7.20. The molecule has 2 aliphatic rings. The molecule has 1 fully saturated rings. The summed E-state index contributed by atoms with van der Waals surface area (Å²) in [5, 5.41) is 0. The molecule has 0 saturated carbocycles. The minimum absolute atomic E-state index is 0.180. The molecule has 4 rings (SSSR count). The average molecular weight is 352 g/mol. The van der Waals surface area contributed by atoms with Crippen LogP contribution in [0.5, 0.6) is 0 Å². The summed E-state index contributed by atoms with van der Waals surface area (Å²) in [5.41, 5.74) is 4.42. The highest BCUT2D eigenvalue weighted by Crippen LogP contribution is 2.25. The lowest BCUT2D eigenvalue weighted by atomic mass is 9.96. The molecule has 0 radical (unpaired) electrons. The van der Waals surface area contributed by atoms with E-state index in [-0.39, 0.29) is 11.7 Å². The summed E-state index contributed by atoms with van der Waals surface area (Å²) in [5.74, 6) is -0.0102. The molecule has 3 nitrogen and oxygen atoms in total. The van der Waals surface area contributed by atoms with Gasteiger partial charge >= 0.3 is 0 Å². The number of carbonyl (C=O) groups excluding carboxylic acids is 1. The molecule has 0 bridgehead atoms. The number of rotatable bonds is 4. The van der Waals surface area contributed by atoms with Crippen LogP contribution in [0.25, 0.3) is 0 Å². The van der Waals surface area contributed by atoms with Crippen LogP contribution in [-0.4, -0.2) is 41.4 Å². The van der Waals surface area contributed by atoms with Gasteiger partial charge in [-0.1, -0.05) is 36.4 Å². The topological polar surface area (TPSA) is 23.6 Å². The van der Waals surface area contributed by atoms with E-state index in [0.717, 1.165) is 38.2 Å². The van der Waals surface area contributed by atoms with Crippen molar-refractivity contribution in [3.63, 3.8) is 0 Å². The van der Waals surface area contributed by atoms with Crippen LogP contribution in [0.1, 0.15) is 28.7 Å². The van der Waals surface area contributed by atoms with E-state index in [0.29, 0.717) is 24.4 Å². The van der Waals surface area contributed by atoms with E-state index in [1.807, 2.05) is 11.0 Å². The summed E-state index contributed by atoms with van der Waals surface area (Å²) < 4.78 is 13.6. The van der Waals surface area contributed by atoms with E-state index in [1.54, 1.807) is 19.1 Å². The lowest BCUT2D eigenvalue weighted by Gasteiger charge is -2.47. The summed E-state index contributed by atoms with van der Waals surface area (Å²) in [6.45, 7) is 5.47. The molecule has 2 aromatic rings. The van der Waals surface area contributed by atoms with Crippen LogP contribution in [0, 0.1) is 12.7 Å². The van der Waals surface area contributed by atoms with Crippen molar-refractivity contribution in [2.24, 2.45) is 0 Å². The van der Waals surface area contributed by atoms with Crippen molar-refractivity contribution >= 4 is 5.91 Å². The van der Waals surface area contributed by atoms with Gasteiger partial charge in [0.25, 0.3) is 0 Å². The summed E-state index contributed by atoms with van der Waals surface area (Å²) >= 11 is 0. The third kappa shape index (κ3) is 3.51. The van der Waals surface area contributed by atoms with Crippen LogP contribution in [-0.2, 0) is 24.2 Å². The molecular weight excluding hydrogens is 327 g/mol. The van der Waals surface area contributed by atoms with E-state index in [2.05, 4.69) is 29.2 Å². The predicted molar refractivity (Wildman–Crippen MR) is 100 cm³/mol. The molecule has 1 amide bonds. The maximum atomic E-state index is 13.6. The fourth-order valence-corrected chi connectivity index (χ4v) is 3.92. The standard InChI is InChI=1S/C22H25FN2O/c1-16-6-7-17(12-21(16)23)8-9-22(26)25-14-20(15-25)24-11-10-18-4-2-3-5-19(18)13-24/h2-7,12,20H,8-11,13-15H2,1H3. The highest BCUT2D eigenvalue weighted by atomic mass is 19.1. The van der Waals surface area contributed by atoms with Crippen molar-refractivity contribution in [2.75, 3.05) is 19.6 Å². The number of likely N-dealkylation sites (tertiary alicyclic amines) is 1. The Morgan fingerprint density at radius 3 is 2.69 bits per heavy atom. The minimum Gasteiger partial charge on any atom is -0.339 e. The van der Waals surface area contributed by atoms with Crippen LogP contribution in [0.2, 0.25) is 0 Å². The van der Waals surface area contributed by atoms with Crippen LogP contribution in [0.4, 0.5) is 4.39 Å². The molecule has 0 unspecified atom stereocenters. The maximum absolute atomic E-state index is 13.6. The highest BCUT2D eigenvalue weighted by Gasteiger charge is 2.35. The Labute approximate surface area is 154 Å². The van der Waals surface area contributed by atoms with Crippen molar-refractivity contribution in [2.45, 2.75) is 38.8 Å². The van der Waals surface area contributed by atoms with Crippen LogP contribution >= 0.6 is 0 Å². The Balaban J connectivity index is 1.25. The number of hydrogen-bond donors (Lipinski definition) is 0. The molecule has 0 atom stereocenters. The zero-order chi connectivity index (χ0) is 18.1. The predicted octanol–water partition coefficient (Wildman–Crippen LogP) is 3.34. The first-order valence-electron chi connectivity index (χ1n) is 9.44. The van der Waals surface area contributed by atoms with Crippen molar-refractivity contribution < 1.29 is 9.18 Å². The van der Waals surface area contributed by atoms with Crippen molar-refractivity contribution in [1.29, 1.82) is 0 Å². The largest absolute Gasteiger partial charge is 0.339 e. The van der Waals surface area contributed by atoms with Gasteiger partial charge in [0.2, 0.25) is 5.91 Å². The quantitative estimate of drug-likeness (QED) is 0.843. The zero-order valence-corrected chi connectivity index (χ0v) is 15.2. The molecule has 2 aromatic carbocycles. The van der Waals surface area contributed by atoms with Gasteiger partial charge < -0.3 is 4.90 Å². The monoisotopic (exact) mass is 352 g/mol. The summed E-state index contributed by atoms with van der Waals surface area (Å²) in [6, 6.07) is 14.4. The Morgan fingerprint density at radius 1 is 1.15 bits per heavy atom. The number of fused-ring (bicyclic) bond motifs is 1. The highest BCUT2D eigenvalue weighted by molar-refractivity contribution is 5.77. The van der Waals surface area contributed by atoms with Gasteiger partial charge in [-0.15, -0.1) is 0 Å². The van der Waals surface area contributed by atoms with E-state index >= 15 is 0 Å². The normalized spacial score (nSPS) is 17.7. The molecule has 0 spiro atoms. The number of amides is 1. The molecule has 136 valence electrons. The van der Waals surface area contributed by atoms with Gasteiger partial charge in [0.15, 0.2) is 0 Å². The van der Waals surface area contributed by atoms with Gasteiger partial charge in [0, 0.05) is 38.6 Å². The summed E-state index contributed by atoms with van der Waals surface area (Å²) in [4.78, 5) is 16.8. The van der Waals surface area contributed by atoms with Gasteiger partial charge in [-0.2, -0.15) is 0 Å². The smallest absolute Gasteiger partial charge is 0.223 e. The van der Waals surface area contributed by atoms with E-state index in [1.165, 1.54) is 11.1 Å². The molecule has 2 aliphatic heterocycles. The molecule has 2 heterocycles. The Bertz CT molecular complexity index is 814. The lowest BCUT2D eigenvalue weighted by molar-refractivity contribution is -0.138. The SMILES string of the molecule is Cc1ccc(CCC(=O)N2CC(N3CCc4ccccc4C3)C2)cc1F. The number of carbonyl (C=O) groups is 1. The van der Waals surface area contributed by atoms with Crippen LogP contribution < -0.4 is 0 Å². The molecule has 4 heteroatoms. The summed E-state index contributed by atoms with van der Waals surface area (Å²) in [6.07, 6.45) is 2.16. The fourth-order valence-electron chi connectivity index (χ4n) is 3.92. The van der Waals surface area contributed by atoms with E-state index < -0.39 is 0 Å². The van der Waals surface area contributed by atoms with E-state index in [4.69, 9.17) is 0 Å². The van der Waals surface area contributed by atoms with Crippen molar-refractivity contribution in [1.82, 2.24) is 9.80 Å². The second-order valence-electron chi connectivity index (χ2n) is 7.53. The Morgan fingerprint density at radius 2 is 1.92 bits per heavy atom. The molecule has 1 saturated heterocycles. The van der Waals surface area contributed by atoms with Crippen molar-refractivity contribution in [3.05, 3.63) is 70.5 Å². The molecule has 0 aliphatic carbocycles. The Kier molecular flexibility index (Phi) is 4.77. The lowest BCUT2D eigenvalue weighted by Crippen LogP contribution is -2.61. The average Bonchev–Trinajstić information content (AvgIpc) is 2.61. The third-order valence-electron chi connectivity index (χ3n) is 5.76. The van der Waals surface area contributed by atoms with Crippen LogP contribution in [0.15, 0.2) is 42.5 Å². The zero-order valence-electron chi connectivity index (χ0n) is 15.2. The number of halogens is 1. The first kappa shape index (κ1) is 17.2. The van der Waals surface area contributed by atoms with Gasteiger partial charge in [0.1, 0.15) is 5.82 Å². The maximum Gasteiger partial charge on any atom is 0.223 e. The van der Waals surface area contributed by atoms with Gasteiger partial charge in [-0.05, 0) is 48.1 Å². The van der Waals surface area contributed by atoms with Gasteiger partial charge in [-0.25, -0.2) is 4.39 Å². The third-order valence-corrected chi connectivity index (χ3v) is 5.76. The molecule has 26 heavy (non-hydrogen) atoms. The molecule has 0 N–H and O–H groups in total.